The standard InChI is InChI=1S/C20H19BrO4/c1-14(22)24-20(25-15(2)23)18(12-16-6-4-3-5-7-16)13-17-8-10-19(21)11-9-17/h3-11,13,20H,12H2,1-2H3/b18-13+. The van der Waals surface area contributed by atoms with Gasteiger partial charge in [0.1, 0.15) is 0 Å². The molecular weight excluding hydrogens is 384 g/mol. The molecule has 2 rings (SSSR count). The van der Waals surface area contributed by atoms with Crippen LogP contribution in [0.5, 0.6) is 0 Å². The minimum absolute atomic E-state index is 0.488. The fourth-order valence-corrected chi connectivity index (χ4v) is 2.55. The molecule has 0 bridgehead atoms. The van der Waals surface area contributed by atoms with Crippen LogP contribution in [0.15, 0.2) is 64.6 Å². The number of ether oxygens (including phenoxy) is 2. The fourth-order valence-electron chi connectivity index (χ4n) is 2.28. The van der Waals surface area contributed by atoms with E-state index in [4.69, 9.17) is 9.47 Å². The first kappa shape index (κ1) is 18.9. The van der Waals surface area contributed by atoms with Crippen LogP contribution in [0.4, 0.5) is 0 Å². The van der Waals surface area contributed by atoms with Gasteiger partial charge in [-0.2, -0.15) is 0 Å². The van der Waals surface area contributed by atoms with Gasteiger partial charge in [-0.25, -0.2) is 0 Å². The van der Waals surface area contributed by atoms with Gasteiger partial charge in [0.05, 0.1) is 0 Å². The molecule has 130 valence electrons. The summed E-state index contributed by atoms with van der Waals surface area (Å²) in [5.74, 6) is -1.03. The third-order valence-corrected chi connectivity index (χ3v) is 3.85. The van der Waals surface area contributed by atoms with Crippen molar-refractivity contribution in [2.24, 2.45) is 0 Å². The molecule has 0 saturated carbocycles. The molecule has 0 spiro atoms. The van der Waals surface area contributed by atoms with Gasteiger partial charge in [-0.3, -0.25) is 9.59 Å². The highest BCUT2D eigenvalue weighted by atomic mass is 79.9. The van der Waals surface area contributed by atoms with Gasteiger partial charge < -0.3 is 9.47 Å². The van der Waals surface area contributed by atoms with Crippen molar-refractivity contribution in [2.75, 3.05) is 0 Å². The molecule has 0 heterocycles. The second-order valence-electron chi connectivity index (χ2n) is 5.48. The third-order valence-electron chi connectivity index (χ3n) is 3.32. The second-order valence-corrected chi connectivity index (χ2v) is 6.40. The number of benzene rings is 2. The van der Waals surface area contributed by atoms with Crippen molar-refractivity contribution < 1.29 is 19.1 Å². The van der Waals surface area contributed by atoms with Crippen molar-refractivity contribution in [2.45, 2.75) is 26.6 Å². The Bertz CT molecular complexity index is 735. The molecule has 0 aromatic heterocycles. The average Bonchev–Trinajstić information content (AvgIpc) is 2.56. The van der Waals surface area contributed by atoms with Gasteiger partial charge in [-0.1, -0.05) is 58.4 Å². The lowest BCUT2D eigenvalue weighted by molar-refractivity contribution is -0.178. The Balaban J connectivity index is 2.39. The van der Waals surface area contributed by atoms with Crippen LogP contribution in [-0.4, -0.2) is 18.2 Å². The molecule has 0 aliphatic carbocycles. The van der Waals surface area contributed by atoms with Crippen LogP contribution in [0, 0.1) is 0 Å². The summed E-state index contributed by atoms with van der Waals surface area (Å²) in [6.07, 6.45) is 1.30. The van der Waals surface area contributed by atoms with E-state index >= 15 is 0 Å². The first-order valence-corrected chi connectivity index (χ1v) is 8.58. The Morgan fingerprint density at radius 2 is 1.52 bits per heavy atom. The van der Waals surface area contributed by atoms with E-state index in [-0.39, 0.29) is 0 Å². The van der Waals surface area contributed by atoms with E-state index in [1.165, 1.54) is 13.8 Å². The van der Waals surface area contributed by atoms with Crippen molar-refractivity contribution in [3.8, 4) is 0 Å². The zero-order valence-electron chi connectivity index (χ0n) is 14.1. The number of halogens is 1. The summed E-state index contributed by atoms with van der Waals surface area (Å²) in [6.45, 7) is 2.58. The molecule has 2 aromatic rings. The van der Waals surface area contributed by atoms with Gasteiger partial charge in [-0.05, 0) is 29.3 Å². The molecule has 25 heavy (non-hydrogen) atoms. The zero-order chi connectivity index (χ0) is 18.2. The van der Waals surface area contributed by atoms with Crippen molar-refractivity contribution >= 4 is 33.9 Å². The number of hydrogen-bond acceptors (Lipinski definition) is 4. The van der Waals surface area contributed by atoms with Crippen LogP contribution in [0.1, 0.15) is 25.0 Å². The Hall–Kier alpha value is -2.40. The van der Waals surface area contributed by atoms with Crippen LogP contribution >= 0.6 is 15.9 Å². The number of esters is 2. The summed E-state index contributed by atoms with van der Waals surface area (Å²) in [5.41, 5.74) is 2.62. The smallest absolute Gasteiger partial charge is 0.305 e. The fraction of sp³-hybridized carbons (Fsp3) is 0.200. The van der Waals surface area contributed by atoms with Gasteiger partial charge in [0.25, 0.3) is 6.29 Å². The molecule has 5 heteroatoms. The molecule has 0 fully saturated rings. The first-order chi connectivity index (χ1) is 11.9. The summed E-state index contributed by atoms with van der Waals surface area (Å²) >= 11 is 3.40. The predicted octanol–water partition coefficient (Wildman–Crippen LogP) is 4.53. The molecule has 0 atom stereocenters. The number of carbonyl (C=O) groups is 2. The van der Waals surface area contributed by atoms with Gasteiger partial charge in [0, 0.05) is 30.3 Å². The quantitative estimate of drug-likeness (QED) is 0.526. The van der Waals surface area contributed by atoms with E-state index in [2.05, 4.69) is 15.9 Å². The highest BCUT2D eigenvalue weighted by molar-refractivity contribution is 9.10. The van der Waals surface area contributed by atoms with E-state index in [9.17, 15) is 9.59 Å². The van der Waals surface area contributed by atoms with Crippen LogP contribution in [-0.2, 0) is 25.5 Å². The van der Waals surface area contributed by atoms with Gasteiger partial charge in [0.15, 0.2) is 0 Å². The van der Waals surface area contributed by atoms with Crippen molar-refractivity contribution in [1.82, 2.24) is 0 Å². The van der Waals surface area contributed by atoms with E-state index in [0.29, 0.717) is 12.0 Å². The molecule has 4 nitrogen and oxygen atoms in total. The van der Waals surface area contributed by atoms with Gasteiger partial charge in [-0.15, -0.1) is 0 Å². The normalized spacial score (nSPS) is 11.3. The van der Waals surface area contributed by atoms with Gasteiger partial charge >= 0.3 is 11.9 Å². The van der Waals surface area contributed by atoms with Crippen molar-refractivity contribution in [3.05, 3.63) is 75.8 Å². The highest BCUT2D eigenvalue weighted by Crippen LogP contribution is 2.21. The topological polar surface area (TPSA) is 52.6 Å². The molecule has 0 saturated heterocycles. The molecule has 0 unspecified atom stereocenters. The Morgan fingerprint density at radius 3 is 2.04 bits per heavy atom. The van der Waals surface area contributed by atoms with Crippen molar-refractivity contribution in [3.63, 3.8) is 0 Å². The van der Waals surface area contributed by atoms with Crippen LogP contribution in [0.25, 0.3) is 6.08 Å². The molecule has 0 aliphatic heterocycles. The largest absolute Gasteiger partial charge is 0.421 e. The number of carbonyl (C=O) groups excluding carboxylic acids is 2. The van der Waals surface area contributed by atoms with Gasteiger partial charge in [0.2, 0.25) is 0 Å². The average molecular weight is 403 g/mol. The predicted molar refractivity (Wildman–Crippen MR) is 99.6 cm³/mol. The molecule has 0 amide bonds. The van der Waals surface area contributed by atoms with E-state index in [1.54, 1.807) is 0 Å². The third kappa shape index (κ3) is 6.55. The molecule has 0 radical (unpaired) electrons. The maximum atomic E-state index is 11.4. The molecule has 2 aromatic carbocycles. The Morgan fingerprint density at radius 1 is 0.960 bits per heavy atom. The van der Waals surface area contributed by atoms with Crippen molar-refractivity contribution in [1.29, 1.82) is 0 Å². The lowest BCUT2D eigenvalue weighted by atomic mass is 10.0. The molecule has 0 aliphatic rings. The number of hydrogen-bond donors (Lipinski definition) is 0. The summed E-state index contributed by atoms with van der Waals surface area (Å²) in [6, 6.07) is 17.4. The second kappa shape index (κ2) is 9.18. The maximum Gasteiger partial charge on any atom is 0.305 e. The van der Waals surface area contributed by atoms with E-state index < -0.39 is 18.2 Å². The Kier molecular flexibility index (Phi) is 6.95. The minimum atomic E-state index is -1.06. The van der Waals surface area contributed by atoms with E-state index in [1.807, 2.05) is 60.7 Å². The van der Waals surface area contributed by atoms with Crippen LogP contribution < -0.4 is 0 Å². The summed E-state index contributed by atoms with van der Waals surface area (Å²) < 4.78 is 11.4. The van der Waals surface area contributed by atoms with E-state index in [0.717, 1.165) is 15.6 Å². The number of rotatable bonds is 6. The zero-order valence-corrected chi connectivity index (χ0v) is 15.7. The van der Waals surface area contributed by atoms with Crippen LogP contribution in [0.2, 0.25) is 0 Å². The molecular formula is C20H19BrO4. The van der Waals surface area contributed by atoms with Crippen LogP contribution in [0.3, 0.4) is 0 Å². The summed E-state index contributed by atoms with van der Waals surface area (Å²) in [7, 11) is 0. The maximum absolute atomic E-state index is 11.4. The lowest BCUT2D eigenvalue weighted by Crippen LogP contribution is -2.25. The first-order valence-electron chi connectivity index (χ1n) is 7.78. The SMILES string of the molecule is CC(=O)OC(OC(C)=O)/C(=C/c1ccc(Br)cc1)Cc1ccccc1. The highest BCUT2D eigenvalue weighted by Gasteiger charge is 2.21. The molecule has 0 N–H and O–H groups in total. The monoisotopic (exact) mass is 402 g/mol. The lowest BCUT2D eigenvalue weighted by Gasteiger charge is -2.20. The summed E-state index contributed by atoms with van der Waals surface area (Å²) in [4.78, 5) is 22.9. The summed E-state index contributed by atoms with van der Waals surface area (Å²) in [5, 5.41) is 0. The Labute approximate surface area is 155 Å². The minimum Gasteiger partial charge on any atom is -0.421 e.